The van der Waals surface area contributed by atoms with Crippen molar-refractivity contribution >= 4 is 34.8 Å². The van der Waals surface area contributed by atoms with Gasteiger partial charge in [-0.2, -0.15) is 0 Å². The average Bonchev–Trinajstić information content (AvgIpc) is 2.73. The molecule has 1 aromatic rings. The molecule has 0 aliphatic heterocycles. The van der Waals surface area contributed by atoms with E-state index in [2.05, 4.69) is 10.1 Å². The van der Waals surface area contributed by atoms with Crippen molar-refractivity contribution in [1.82, 2.24) is 5.32 Å². The smallest absolute Gasteiger partial charge is 0.328 e. The van der Waals surface area contributed by atoms with Gasteiger partial charge in [0.05, 0.1) is 12.1 Å². The van der Waals surface area contributed by atoms with Gasteiger partial charge in [-0.25, -0.2) is 4.79 Å². The van der Waals surface area contributed by atoms with Crippen LogP contribution in [0.5, 0.6) is 0 Å². The van der Waals surface area contributed by atoms with Gasteiger partial charge in [0.2, 0.25) is 0 Å². The molecule has 100 valence electrons. The van der Waals surface area contributed by atoms with E-state index in [0.29, 0.717) is 16.3 Å². The highest BCUT2D eigenvalue weighted by atomic mass is 35.5. The van der Waals surface area contributed by atoms with Crippen LogP contribution in [0.15, 0.2) is 11.4 Å². The number of halogens is 1. The molecule has 0 aliphatic rings. The van der Waals surface area contributed by atoms with Gasteiger partial charge in [-0.3, -0.25) is 4.79 Å². The van der Waals surface area contributed by atoms with Crippen LogP contribution >= 0.6 is 22.9 Å². The fourth-order valence-electron chi connectivity index (χ4n) is 1.51. The van der Waals surface area contributed by atoms with Gasteiger partial charge in [0.1, 0.15) is 10.9 Å². The van der Waals surface area contributed by atoms with E-state index in [9.17, 15) is 9.59 Å². The van der Waals surface area contributed by atoms with Gasteiger partial charge in [-0.1, -0.05) is 25.4 Å². The highest BCUT2D eigenvalue weighted by molar-refractivity contribution is 7.12. The van der Waals surface area contributed by atoms with Crippen LogP contribution in [0.25, 0.3) is 0 Å². The van der Waals surface area contributed by atoms with Crippen molar-refractivity contribution in [2.75, 3.05) is 7.11 Å². The molecule has 1 unspecified atom stereocenters. The molecule has 0 aromatic carbocycles. The maximum atomic E-state index is 11.9. The number of thiophene rings is 1. The Morgan fingerprint density at radius 3 is 2.61 bits per heavy atom. The molecule has 0 aliphatic carbocycles. The lowest BCUT2D eigenvalue weighted by Gasteiger charge is -2.17. The van der Waals surface area contributed by atoms with Gasteiger partial charge in [0.15, 0.2) is 0 Å². The lowest BCUT2D eigenvalue weighted by Crippen LogP contribution is -2.42. The Bertz CT molecular complexity index is 431. The Morgan fingerprint density at radius 2 is 2.17 bits per heavy atom. The molecule has 0 saturated heterocycles. The average molecular weight is 290 g/mol. The molecule has 1 amide bonds. The minimum Gasteiger partial charge on any atom is -0.467 e. The Hall–Kier alpha value is -1.07. The molecule has 0 radical (unpaired) electrons. The first-order valence-electron chi connectivity index (χ1n) is 5.57. The Morgan fingerprint density at radius 1 is 1.50 bits per heavy atom. The predicted molar refractivity (Wildman–Crippen MR) is 72.1 cm³/mol. The van der Waals surface area contributed by atoms with Crippen molar-refractivity contribution < 1.29 is 14.3 Å². The molecule has 1 N–H and O–H groups in total. The molecule has 0 fully saturated rings. The van der Waals surface area contributed by atoms with E-state index >= 15 is 0 Å². The summed E-state index contributed by atoms with van der Waals surface area (Å²) in [7, 11) is 1.31. The lowest BCUT2D eigenvalue weighted by molar-refractivity contribution is -0.143. The number of carbonyl (C=O) groups excluding carboxylic acids is 2. The number of carbonyl (C=O) groups is 2. The summed E-state index contributed by atoms with van der Waals surface area (Å²) in [6.45, 7) is 3.94. The largest absolute Gasteiger partial charge is 0.467 e. The summed E-state index contributed by atoms with van der Waals surface area (Å²) in [5.74, 6) is -0.510. The Balaban J connectivity index is 2.74. The minimum atomic E-state index is -0.638. The van der Waals surface area contributed by atoms with Crippen molar-refractivity contribution in [2.45, 2.75) is 26.3 Å². The molecule has 4 nitrogen and oxygen atoms in total. The normalized spacial score (nSPS) is 12.3. The Labute approximate surface area is 115 Å². The number of nitrogens with one attached hydrogen (secondary N) is 1. The summed E-state index contributed by atoms with van der Waals surface area (Å²) in [6.07, 6.45) is 0.529. The highest BCUT2D eigenvalue weighted by Gasteiger charge is 2.24. The number of amides is 1. The molecule has 1 heterocycles. The first kappa shape index (κ1) is 15.0. The summed E-state index contributed by atoms with van der Waals surface area (Å²) >= 11 is 7.11. The predicted octanol–water partition coefficient (Wildman–Crippen LogP) is 2.72. The number of hydrogen-bond donors (Lipinski definition) is 1. The van der Waals surface area contributed by atoms with E-state index in [1.165, 1.54) is 18.4 Å². The molecular formula is C12H16ClNO3S. The number of rotatable bonds is 5. The van der Waals surface area contributed by atoms with Crippen LogP contribution in [0.3, 0.4) is 0 Å². The maximum absolute atomic E-state index is 11.9. The summed E-state index contributed by atoms with van der Waals surface area (Å²) in [5.41, 5.74) is 0. The van der Waals surface area contributed by atoms with Gasteiger partial charge < -0.3 is 10.1 Å². The van der Waals surface area contributed by atoms with E-state index in [1.807, 2.05) is 13.8 Å². The molecule has 18 heavy (non-hydrogen) atoms. The second-order valence-corrected chi connectivity index (χ2v) is 5.60. The third-order valence-electron chi connectivity index (χ3n) is 2.32. The first-order valence-corrected chi connectivity index (χ1v) is 6.83. The summed E-state index contributed by atoms with van der Waals surface area (Å²) in [4.78, 5) is 23.9. The van der Waals surface area contributed by atoms with Gasteiger partial charge in [0.25, 0.3) is 5.91 Å². The van der Waals surface area contributed by atoms with Gasteiger partial charge in [-0.05, 0) is 23.8 Å². The summed E-state index contributed by atoms with van der Waals surface area (Å²) in [6, 6.07) is 1.01. The van der Waals surface area contributed by atoms with Crippen LogP contribution in [0.4, 0.5) is 0 Å². The van der Waals surface area contributed by atoms with Crippen molar-refractivity contribution in [2.24, 2.45) is 5.92 Å². The number of esters is 1. The molecule has 6 heteroatoms. The topological polar surface area (TPSA) is 55.4 Å². The van der Waals surface area contributed by atoms with Crippen LogP contribution in [-0.4, -0.2) is 25.0 Å². The van der Waals surface area contributed by atoms with Crippen LogP contribution < -0.4 is 5.32 Å². The van der Waals surface area contributed by atoms with Crippen molar-refractivity contribution in [3.63, 3.8) is 0 Å². The maximum Gasteiger partial charge on any atom is 0.328 e. The summed E-state index contributed by atoms with van der Waals surface area (Å²) < 4.78 is 4.68. The van der Waals surface area contributed by atoms with E-state index in [4.69, 9.17) is 11.6 Å². The van der Waals surface area contributed by atoms with Crippen molar-refractivity contribution in [1.29, 1.82) is 0 Å². The fraction of sp³-hybridized carbons (Fsp3) is 0.500. The van der Waals surface area contributed by atoms with Crippen molar-refractivity contribution in [3.8, 4) is 0 Å². The highest BCUT2D eigenvalue weighted by Crippen LogP contribution is 2.22. The zero-order valence-electron chi connectivity index (χ0n) is 10.5. The van der Waals surface area contributed by atoms with Crippen molar-refractivity contribution in [3.05, 3.63) is 21.3 Å². The second-order valence-electron chi connectivity index (χ2n) is 4.28. The number of hydrogen-bond acceptors (Lipinski definition) is 4. The zero-order chi connectivity index (χ0) is 13.7. The van der Waals surface area contributed by atoms with Crippen LogP contribution in [-0.2, 0) is 9.53 Å². The SMILES string of the molecule is COC(=O)C(CC(C)C)NC(=O)c1sccc1Cl. The van der Waals surface area contributed by atoms with Gasteiger partial charge in [0, 0.05) is 0 Å². The minimum absolute atomic E-state index is 0.271. The molecule has 1 atom stereocenters. The quantitative estimate of drug-likeness (QED) is 0.848. The lowest BCUT2D eigenvalue weighted by atomic mass is 10.0. The first-order chi connectivity index (χ1) is 8.45. The standard InChI is InChI=1S/C12H16ClNO3S/c1-7(2)6-9(12(16)17-3)14-11(15)10-8(13)4-5-18-10/h4-5,7,9H,6H2,1-3H3,(H,14,15). The zero-order valence-corrected chi connectivity index (χ0v) is 12.1. The molecule has 0 spiro atoms. The molecule has 0 saturated carbocycles. The third-order valence-corrected chi connectivity index (χ3v) is 3.66. The molecule has 1 aromatic heterocycles. The van der Waals surface area contributed by atoms with Crippen LogP contribution in [0.1, 0.15) is 29.9 Å². The molecular weight excluding hydrogens is 274 g/mol. The van der Waals surface area contributed by atoms with E-state index in [-0.39, 0.29) is 11.8 Å². The van der Waals surface area contributed by atoms with E-state index in [0.717, 1.165) is 0 Å². The fourth-order valence-corrected chi connectivity index (χ4v) is 2.55. The monoisotopic (exact) mass is 289 g/mol. The van der Waals surface area contributed by atoms with Gasteiger partial charge in [-0.15, -0.1) is 11.3 Å². The third kappa shape index (κ3) is 3.99. The van der Waals surface area contributed by atoms with Crippen LogP contribution in [0, 0.1) is 5.92 Å². The second kappa shape index (κ2) is 6.75. The van der Waals surface area contributed by atoms with E-state index < -0.39 is 12.0 Å². The van der Waals surface area contributed by atoms with Crippen LogP contribution in [0.2, 0.25) is 5.02 Å². The summed E-state index contributed by atoms with van der Waals surface area (Å²) in [5, 5.41) is 4.78. The number of methoxy groups -OCH3 is 1. The number of ether oxygens (including phenoxy) is 1. The molecule has 0 bridgehead atoms. The molecule has 1 rings (SSSR count). The van der Waals surface area contributed by atoms with Gasteiger partial charge >= 0.3 is 5.97 Å². The van der Waals surface area contributed by atoms with E-state index in [1.54, 1.807) is 11.4 Å². The Kier molecular flexibility index (Phi) is 5.62.